The number of hydrogen-bond acceptors (Lipinski definition) is 4. The number of halogens is 3. The number of rotatable bonds is 8. The lowest BCUT2D eigenvalue weighted by Crippen LogP contribution is -2.30. The Balaban J connectivity index is 1.76. The van der Waals surface area contributed by atoms with Crippen molar-refractivity contribution < 1.29 is 32.2 Å². The van der Waals surface area contributed by atoms with Crippen LogP contribution in [-0.4, -0.2) is 33.3 Å². The van der Waals surface area contributed by atoms with E-state index < -0.39 is 11.7 Å². The number of carbonyl (C=O) groups excluding carboxylic acids is 1. The molecule has 2 aromatic carbocycles. The van der Waals surface area contributed by atoms with Crippen LogP contribution >= 0.6 is 0 Å². The fourth-order valence-electron chi connectivity index (χ4n) is 2.32. The molecule has 0 fully saturated rings. The highest BCUT2D eigenvalue weighted by Crippen LogP contribution is 2.30. The third-order valence-corrected chi connectivity index (χ3v) is 3.74. The summed E-state index contributed by atoms with van der Waals surface area (Å²) in [4.78, 5) is 11.8. The van der Waals surface area contributed by atoms with Gasteiger partial charge in [-0.2, -0.15) is 13.2 Å². The van der Waals surface area contributed by atoms with Crippen molar-refractivity contribution in [2.75, 3.05) is 27.4 Å². The van der Waals surface area contributed by atoms with Crippen molar-refractivity contribution in [2.45, 2.75) is 12.6 Å². The van der Waals surface area contributed by atoms with Gasteiger partial charge < -0.3 is 19.5 Å². The smallest absolute Gasteiger partial charge is 0.416 e. The zero-order valence-electron chi connectivity index (χ0n) is 14.9. The van der Waals surface area contributed by atoms with E-state index in [9.17, 15) is 18.0 Å². The molecule has 0 spiro atoms. The molecule has 2 aromatic rings. The number of amides is 1. The van der Waals surface area contributed by atoms with Crippen LogP contribution < -0.4 is 19.5 Å². The first-order chi connectivity index (χ1) is 12.8. The predicted octanol–water partition coefficient (Wildman–Crippen LogP) is 3.46. The van der Waals surface area contributed by atoms with Gasteiger partial charge in [0.05, 0.1) is 19.8 Å². The lowest BCUT2D eigenvalue weighted by molar-refractivity contribution is -0.137. The van der Waals surface area contributed by atoms with Gasteiger partial charge in [-0.15, -0.1) is 0 Å². The Kier molecular flexibility index (Phi) is 6.92. The number of hydrogen-bond donors (Lipinski definition) is 1. The standard InChI is InChI=1S/C19H20F3NO4/c1-25-16-8-3-13(11-17(16)26-2)9-10-23-18(24)12-27-15-6-4-14(5-7-15)19(20,21)22/h3-8,11H,9-10,12H2,1-2H3,(H,23,24). The molecule has 0 heterocycles. The third-order valence-electron chi connectivity index (χ3n) is 3.74. The Morgan fingerprint density at radius 2 is 1.67 bits per heavy atom. The van der Waals surface area contributed by atoms with E-state index in [2.05, 4.69) is 5.32 Å². The zero-order valence-corrected chi connectivity index (χ0v) is 14.9. The maximum Gasteiger partial charge on any atom is 0.416 e. The van der Waals surface area contributed by atoms with Gasteiger partial charge in [-0.3, -0.25) is 4.79 Å². The summed E-state index contributed by atoms with van der Waals surface area (Å²) in [5.41, 5.74) is 0.186. The summed E-state index contributed by atoms with van der Waals surface area (Å²) >= 11 is 0. The van der Waals surface area contributed by atoms with Gasteiger partial charge in [0.1, 0.15) is 5.75 Å². The van der Waals surface area contributed by atoms with Crippen molar-refractivity contribution in [3.63, 3.8) is 0 Å². The maximum absolute atomic E-state index is 12.5. The van der Waals surface area contributed by atoms with Gasteiger partial charge in [0.15, 0.2) is 18.1 Å². The highest BCUT2D eigenvalue weighted by Gasteiger charge is 2.30. The Labute approximate surface area is 155 Å². The molecule has 0 aromatic heterocycles. The summed E-state index contributed by atoms with van der Waals surface area (Å²) in [6.07, 6.45) is -3.83. The second-order valence-electron chi connectivity index (χ2n) is 5.60. The van der Waals surface area contributed by atoms with E-state index in [1.807, 2.05) is 12.1 Å². The van der Waals surface area contributed by atoms with E-state index in [0.717, 1.165) is 17.7 Å². The average molecular weight is 383 g/mol. The van der Waals surface area contributed by atoms with Crippen molar-refractivity contribution in [2.24, 2.45) is 0 Å². The van der Waals surface area contributed by atoms with Crippen LogP contribution in [0.5, 0.6) is 17.2 Å². The van der Waals surface area contributed by atoms with Crippen molar-refractivity contribution in [3.8, 4) is 17.2 Å². The van der Waals surface area contributed by atoms with Crippen molar-refractivity contribution >= 4 is 5.91 Å². The van der Waals surface area contributed by atoms with Crippen LogP contribution in [0.15, 0.2) is 42.5 Å². The predicted molar refractivity (Wildman–Crippen MR) is 93.2 cm³/mol. The second kappa shape index (κ2) is 9.16. The molecule has 0 aliphatic heterocycles. The fourth-order valence-corrected chi connectivity index (χ4v) is 2.32. The summed E-state index contributed by atoms with van der Waals surface area (Å²) in [6.45, 7) is 0.0992. The largest absolute Gasteiger partial charge is 0.493 e. The summed E-state index contributed by atoms with van der Waals surface area (Å²) in [6, 6.07) is 9.65. The van der Waals surface area contributed by atoms with E-state index in [1.54, 1.807) is 20.3 Å². The van der Waals surface area contributed by atoms with Gasteiger partial charge in [-0.1, -0.05) is 6.07 Å². The molecule has 0 bridgehead atoms. The number of alkyl halides is 3. The van der Waals surface area contributed by atoms with Crippen molar-refractivity contribution in [1.82, 2.24) is 5.32 Å². The molecular formula is C19H20F3NO4. The summed E-state index contributed by atoms with van der Waals surface area (Å²) in [5, 5.41) is 2.69. The first kappa shape index (κ1) is 20.4. The topological polar surface area (TPSA) is 56.8 Å². The molecule has 0 saturated carbocycles. The van der Waals surface area contributed by atoms with Crippen LogP contribution in [0.2, 0.25) is 0 Å². The van der Waals surface area contributed by atoms with Crippen molar-refractivity contribution in [1.29, 1.82) is 0 Å². The van der Waals surface area contributed by atoms with E-state index in [1.165, 1.54) is 12.1 Å². The van der Waals surface area contributed by atoms with E-state index in [4.69, 9.17) is 14.2 Å². The minimum absolute atomic E-state index is 0.193. The Morgan fingerprint density at radius 3 is 2.26 bits per heavy atom. The number of methoxy groups -OCH3 is 2. The van der Waals surface area contributed by atoms with Gasteiger partial charge in [0.2, 0.25) is 0 Å². The fraction of sp³-hybridized carbons (Fsp3) is 0.316. The van der Waals surface area contributed by atoms with E-state index in [-0.39, 0.29) is 18.3 Å². The summed E-state index contributed by atoms with van der Waals surface area (Å²) < 4.78 is 53.0. The minimum Gasteiger partial charge on any atom is -0.493 e. The Bertz CT molecular complexity index is 761. The highest BCUT2D eigenvalue weighted by molar-refractivity contribution is 5.77. The van der Waals surface area contributed by atoms with Gasteiger partial charge in [0, 0.05) is 6.54 Å². The molecule has 8 heteroatoms. The molecule has 0 saturated heterocycles. The third kappa shape index (κ3) is 6.09. The lowest BCUT2D eigenvalue weighted by Gasteiger charge is -2.11. The first-order valence-corrected chi connectivity index (χ1v) is 8.11. The molecule has 0 unspecified atom stereocenters. The monoisotopic (exact) mass is 383 g/mol. The Morgan fingerprint density at radius 1 is 1.00 bits per heavy atom. The van der Waals surface area contributed by atoms with Crippen LogP contribution in [0, 0.1) is 0 Å². The molecule has 0 aliphatic carbocycles. The van der Waals surface area contributed by atoms with Crippen LogP contribution in [0.25, 0.3) is 0 Å². The zero-order chi connectivity index (χ0) is 19.9. The highest BCUT2D eigenvalue weighted by atomic mass is 19.4. The second-order valence-corrected chi connectivity index (χ2v) is 5.60. The molecule has 2 rings (SSSR count). The van der Waals surface area contributed by atoms with E-state index in [0.29, 0.717) is 24.5 Å². The molecule has 27 heavy (non-hydrogen) atoms. The number of ether oxygens (including phenoxy) is 3. The van der Waals surface area contributed by atoms with Gasteiger partial charge in [-0.25, -0.2) is 0 Å². The summed E-state index contributed by atoms with van der Waals surface area (Å²) in [5.74, 6) is 1.05. The Hall–Kier alpha value is -2.90. The quantitative estimate of drug-likeness (QED) is 0.759. The molecule has 0 aliphatic rings. The lowest BCUT2D eigenvalue weighted by atomic mass is 10.1. The molecule has 0 atom stereocenters. The van der Waals surface area contributed by atoms with Crippen LogP contribution in [0.4, 0.5) is 13.2 Å². The van der Waals surface area contributed by atoms with Gasteiger partial charge >= 0.3 is 6.18 Å². The number of carbonyl (C=O) groups is 1. The summed E-state index contributed by atoms with van der Waals surface area (Å²) in [7, 11) is 3.09. The van der Waals surface area contributed by atoms with Crippen LogP contribution in [-0.2, 0) is 17.4 Å². The SMILES string of the molecule is COc1ccc(CCNC(=O)COc2ccc(C(F)(F)F)cc2)cc1OC. The molecule has 5 nitrogen and oxygen atoms in total. The average Bonchev–Trinajstić information content (AvgIpc) is 2.65. The first-order valence-electron chi connectivity index (χ1n) is 8.11. The molecule has 0 radical (unpaired) electrons. The van der Waals surface area contributed by atoms with Crippen LogP contribution in [0.3, 0.4) is 0 Å². The molecule has 146 valence electrons. The normalized spacial score (nSPS) is 11.0. The van der Waals surface area contributed by atoms with Gasteiger partial charge in [0.25, 0.3) is 5.91 Å². The molecule has 1 N–H and O–H groups in total. The minimum atomic E-state index is -4.40. The van der Waals surface area contributed by atoms with Crippen LogP contribution in [0.1, 0.15) is 11.1 Å². The maximum atomic E-state index is 12.5. The molecular weight excluding hydrogens is 363 g/mol. The molecule has 1 amide bonds. The number of nitrogens with one attached hydrogen (secondary N) is 1. The van der Waals surface area contributed by atoms with Gasteiger partial charge in [-0.05, 0) is 48.4 Å². The van der Waals surface area contributed by atoms with Crippen molar-refractivity contribution in [3.05, 3.63) is 53.6 Å². The van der Waals surface area contributed by atoms with E-state index >= 15 is 0 Å². The number of benzene rings is 2.